The standard InChI is InChI=1S/C15H18N2O3S/c1-10(15(18)19)17(2)8-11-9-21-14(16-11)12-6-4-5-7-13(12)20-3/h4-7,9-10H,8H2,1-3H3,(H,18,19). The first kappa shape index (κ1) is 15.5. The summed E-state index contributed by atoms with van der Waals surface area (Å²) in [6, 6.07) is 7.18. The van der Waals surface area contributed by atoms with E-state index in [1.165, 1.54) is 11.3 Å². The van der Waals surface area contributed by atoms with E-state index in [0.29, 0.717) is 6.54 Å². The van der Waals surface area contributed by atoms with E-state index in [1.807, 2.05) is 29.6 Å². The van der Waals surface area contributed by atoms with Crippen molar-refractivity contribution in [2.45, 2.75) is 19.5 Å². The molecule has 2 rings (SSSR count). The van der Waals surface area contributed by atoms with Gasteiger partial charge in [-0.1, -0.05) is 12.1 Å². The maximum atomic E-state index is 11.0. The topological polar surface area (TPSA) is 62.7 Å². The SMILES string of the molecule is COc1ccccc1-c1nc(CN(C)C(C)C(=O)O)cs1. The molecular formula is C15H18N2O3S. The normalized spacial score (nSPS) is 12.4. The highest BCUT2D eigenvalue weighted by Gasteiger charge is 2.18. The van der Waals surface area contributed by atoms with E-state index >= 15 is 0 Å². The smallest absolute Gasteiger partial charge is 0.320 e. The lowest BCUT2D eigenvalue weighted by Crippen LogP contribution is -2.35. The van der Waals surface area contributed by atoms with Crippen LogP contribution in [0.4, 0.5) is 0 Å². The number of aromatic nitrogens is 1. The number of hydrogen-bond donors (Lipinski definition) is 1. The van der Waals surface area contributed by atoms with E-state index in [2.05, 4.69) is 4.98 Å². The number of likely N-dealkylation sites (N-methyl/N-ethyl adjacent to an activating group) is 1. The molecule has 0 saturated heterocycles. The highest BCUT2D eigenvalue weighted by atomic mass is 32.1. The minimum atomic E-state index is -0.835. The molecule has 21 heavy (non-hydrogen) atoms. The van der Waals surface area contributed by atoms with Gasteiger partial charge >= 0.3 is 5.97 Å². The van der Waals surface area contributed by atoms with E-state index in [4.69, 9.17) is 9.84 Å². The monoisotopic (exact) mass is 306 g/mol. The highest BCUT2D eigenvalue weighted by Crippen LogP contribution is 2.32. The molecular weight excluding hydrogens is 288 g/mol. The minimum absolute atomic E-state index is 0.499. The molecule has 1 aromatic heterocycles. The van der Waals surface area contributed by atoms with Crippen molar-refractivity contribution in [1.82, 2.24) is 9.88 Å². The van der Waals surface area contributed by atoms with E-state index in [-0.39, 0.29) is 0 Å². The van der Waals surface area contributed by atoms with Crippen LogP contribution in [0.3, 0.4) is 0 Å². The van der Waals surface area contributed by atoms with Crippen molar-refractivity contribution in [3.05, 3.63) is 35.3 Å². The van der Waals surface area contributed by atoms with Gasteiger partial charge in [-0.3, -0.25) is 9.69 Å². The van der Waals surface area contributed by atoms with Gasteiger partial charge in [0.2, 0.25) is 0 Å². The fourth-order valence-corrected chi connectivity index (χ4v) is 2.75. The highest BCUT2D eigenvalue weighted by molar-refractivity contribution is 7.13. The number of methoxy groups -OCH3 is 1. The summed E-state index contributed by atoms with van der Waals surface area (Å²) in [5, 5.41) is 11.8. The van der Waals surface area contributed by atoms with Crippen LogP contribution >= 0.6 is 11.3 Å². The second kappa shape index (κ2) is 6.69. The van der Waals surface area contributed by atoms with Crippen LogP contribution in [0, 0.1) is 0 Å². The Kier molecular flexibility index (Phi) is 4.93. The largest absolute Gasteiger partial charge is 0.496 e. The molecule has 0 fully saturated rings. The third kappa shape index (κ3) is 3.59. The molecule has 1 heterocycles. The Labute approximate surface area is 127 Å². The zero-order valence-electron chi connectivity index (χ0n) is 12.2. The molecule has 1 N–H and O–H groups in total. The van der Waals surface area contributed by atoms with Crippen molar-refractivity contribution >= 4 is 17.3 Å². The summed E-state index contributed by atoms with van der Waals surface area (Å²) in [6.45, 7) is 2.16. The summed E-state index contributed by atoms with van der Waals surface area (Å²) in [7, 11) is 3.41. The van der Waals surface area contributed by atoms with Gasteiger partial charge in [0.05, 0.1) is 18.4 Å². The molecule has 1 atom stereocenters. The number of nitrogens with zero attached hydrogens (tertiary/aromatic N) is 2. The Morgan fingerprint density at radius 2 is 2.19 bits per heavy atom. The summed E-state index contributed by atoms with van der Waals surface area (Å²) >= 11 is 1.53. The molecule has 0 amide bonds. The van der Waals surface area contributed by atoms with E-state index in [0.717, 1.165) is 22.0 Å². The second-order valence-corrected chi connectivity index (χ2v) is 5.63. The van der Waals surface area contributed by atoms with Gasteiger partial charge in [-0.15, -0.1) is 11.3 Å². The maximum Gasteiger partial charge on any atom is 0.320 e. The molecule has 0 spiro atoms. The van der Waals surface area contributed by atoms with Crippen molar-refractivity contribution in [2.24, 2.45) is 0 Å². The minimum Gasteiger partial charge on any atom is -0.496 e. The Balaban J connectivity index is 2.17. The number of thiazole rings is 1. The van der Waals surface area contributed by atoms with Crippen LogP contribution in [0.25, 0.3) is 10.6 Å². The number of para-hydroxylation sites is 1. The number of carboxylic acids is 1. The van der Waals surface area contributed by atoms with Crippen LogP contribution in [-0.4, -0.2) is 41.2 Å². The number of ether oxygens (including phenoxy) is 1. The maximum absolute atomic E-state index is 11.0. The Morgan fingerprint density at radius 3 is 2.86 bits per heavy atom. The molecule has 0 bridgehead atoms. The lowest BCUT2D eigenvalue weighted by molar-refractivity contribution is -0.142. The number of carbonyl (C=O) groups is 1. The molecule has 0 aliphatic carbocycles. The fourth-order valence-electron chi connectivity index (χ4n) is 1.91. The average molecular weight is 306 g/mol. The van der Waals surface area contributed by atoms with Crippen molar-refractivity contribution in [3.63, 3.8) is 0 Å². The Bertz CT molecular complexity index is 627. The predicted octanol–water partition coefficient (Wildman–Crippen LogP) is 2.72. The molecule has 6 heteroatoms. The fraction of sp³-hybridized carbons (Fsp3) is 0.333. The quantitative estimate of drug-likeness (QED) is 0.889. The molecule has 1 aromatic carbocycles. The van der Waals surface area contributed by atoms with Crippen molar-refractivity contribution in [1.29, 1.82) is 0 Å². The zero-order valence-corrected chi connectivity index (χ0v) is 13.1. The van der Waals surface area contributed by atoms with Crippen molar-refractivity contribution in [3.8, 4) is 16.3 Å². The first-order valence-corrected chi connectivity index (χ1v) is 7.41. The number of aliphatic carboxylic acids is 1. The van der Waals surface area contributed by atoms with E-state index in [1.54, 1.807) is 26.0 Å². The number of carboxylic acid groups (broad SMARTS) is 1. The van der Waals surface area contributed by atoms with Crippen LogP contribution in [0.1, 0.15) is 12.6 Å². The van der Waals surface area contributed by atoms with Crippen LogP contribution in [0.2, 0.25) is 0 Å². The number of rotatable bonds is 6. The molecule has 112 valence electrons. The first-order valence-electron chi connectivity index (χ1n) is 6.53. The second-order valence-electron chi connectivity index (χ2n) is 4.77. The van der Waals surface area contributed by atoms with Gasteiger partial charge in [0.1, 0.15) is 16.8 Å². The third-order valence-corrected chi connectivity index (χ3v) is 4.24. The van der Waals surface area contributed by atoms with Gasteiger partial charge in [0.25, 0.3) is 0 Å². The molecule has 5 nitrogen and oxygen atoms in total. The first-order chi connectivity index (χ1) is 10.0. The van der Waals surface area contributed by atoms with Crippen LogP contribution in [-0.2, 0) is 11.3 Å². The summed E-state index contributed by atoms with van der Waals surface area (Å²) in [5.74, 6) is -0.0525. The van der Waals surface area contributed by atoms with Crippen LogP contribution in [0.15, 0.2) is 29.6 Å². The van der Waals surface area contributed by atoms with Gasteiger partial charge < -0.3 is 9.84 Å². The number of benzene rings is 1. The van der Waals surface area contributed by atoms with Gasteiger partial charge in [0.15, 0.2) is 0 Å². The Hall–Kier alpha value is -1.92. The zero-order chi connectivity index (χ0) is 15.4. The molecule has 0 aliphatic heterocycles. The molecule has 0 aliphatic rings. The van der Waals surface area contributed by atoms with Gasteiger partial charge in [0, 0.05) is 11.9 Å². The third-order valence-electron chi connectivity index (χ3n) is 3.32. The summed E-state index contributed by atoms with van der Waals surface area (Å²) < 4.78 is 5.34. The lowest BCUT2D eigenvalue weighted by atomic mass is 10.2. The Morgan fingerprint density at radius 1 is 1.48 bits per heavy atom. The van der Waals surface area contributed by atoms with Crippen LogP contribution in [0.5, 0.6) is 5.75 Å². The average Bonchev–Trinajstić information content (AvgIpc) is 2.94. The molecule has 0 saturated carbocycles. The predicted molar refractivity (Wildman–Crippen MR) is 82.7 cm³/mol. The van der Waals surface area contributed by atoms with Crippen molar-refractivity contribution in [2.75, 3.05) is 14.2 Å². The molecule has 1 unspecified atom stereocenters. The van der Waals surface area contributed by atoms with Crippen molar-refractivity contribution < 1.29 is 14.6 Å². The summed E-state index contributed by atoms with van der Waals surface area (Å²) in [4.78, 5) is 17.3. The van der Waals surface area contributed by atoms with Crippen LogP contribution < -0.4 is 4.74 Å². The molecule has 2 aromatic rings. The number of hydrogen-bond acceptors (Lipinski definition) is 5. The lowest BCUT2D eigenvalue weighted by Gasteiger charge is -2.19. The summed E-state index contributed by atoms with van der Waals surface area (Å²) in [5.41, 5.74) is 1.81. The van der Waals surface area contributed by atoms with Gasteiger partial charge in [-0.2, -0.15) is 0 Å². The van der Waals surface area contributed by atoms with Gasteiger partial charge in [-0.05, 0) is 26.1 Å². The molecule has 0 radical (unpaired) electrons. The van der Waals surface area contributed by atoms with E-state index in [9.17, 15) is 4.79 Å². The van der Waals surface area contributed by atoms with Gasteiger partial charge in [-0.25, -0.2) is 4.98 Å². The summed E-state index contributed by atoms with van der Waals surface area (Å²) in [6.07, 6.45) is 0. The van der Waals surface area contributed by atoms with E-state index < -0.39 is 12.0 Å².